The average molecular weight is 373 g/mol. The minimum absolute atomic E-state index is 0.368. The highest BCUT2D eigenvalue weighted by Crippen LogP contribution is 2.34. The number of fused-ring (bicyclic) bond motifs is 2. The van der Waals surface area contributed by atoms with E-state index in [9.17, 15) is 0 Å². The SMILES string of the molecule is CN(C)c1cncc(-c2ccc3[nH]nc(-c4nc5cccnc5[nH]4)c3c2F)c1. The number of hydrogen-bond acceptors (Lipinski definition) is 5. The summed E-state index contributed by atoms with van der Waals surface area (Å²) < 4.78 is 15.6. The summed E-state index contributed by atoms with van der Waals surface area (Å²) in [5.74, 6) is 0.100. The highest BCUT2D eigenvalue weighted by atomic mass is 19.1. The molecule has 138 valence electrons. The lowest BCUT2D eigenvalue weighted by Crippen LogP contribution is -2.08. The van der Waals surface area contributed by atoms with Crippen LogP contribution in [0.15, 0.2) is 48.9 Å². The number of aromatic nitrogens is 6. The number of halogens is 1. The molecule has 28 heavy (non-hydrogen) atoms. The number of aromatic amines is 2. The van der Waals surface area contributed by atoms with Gasteiger partial charge in [-0.15, -0.1) is 0 Å². The molecule has 5 aromatic rings. The summed E-state index contributed by atoms with van der Waals surface area (Å²) in [6, 6.07) is 9.10. The topological polar surface area (TPSA) is 86.4 Å². The maximum absolute atomic E-state index is 15.6. The molecule has 0 amide bonds. The van der Waals surface area contributed by atoms with Crippen LogP contribution in [-0.4, -0.2) is 44.2 Å². The minimum atomic E-state index is -0.368. The van der Waals surface area contributed by atoms with Crippen molar-refractivity contribution in [2.45, 2.75) is 0 Å². The molecule has 7 nitrogen and oxygen atoms in total. The summed E-state index contributed by atoms with van der Waals surface area (Å²) in [7, 11) is 3.84. The summed E-state index contributed by atoms with van der Waals surface area (Å²) >= 11 is 0. The largest absolute Gasteiger partial charge is 0.376 e. The van der Waals surface area contributed by atoms with Gasteiger partial charge in [-0.3, -0.25) is 10.1 Å². The normalized spacial score (nSPS) is 11.4. The number of pyridine rings is 2. The lowest BCUT2D eigenvalue weighted by atomic mass is 10.0. The van der Waals surface area contributed by atoms with Crippen molar-refractivity contribution in [1.29, 1.82) is 0 Å². The molecule has 0 radical (unpaired) electrons. The van der Waals surface area contributed by atoms with Gasteiger partial charge >= 0.3 is 0 Å². The van der Waals surface area contributed by atoms with Gasteiger partial charge < -0.3 is 9.88 Å². The molecule has 0 saturated heterocycles. The van der Waals surface area contributed by atoms with Gasteiger partial charge in [0.1, 0.15) is 17.0 Å². The van der Waals surface area contributed by atoms with E-state index in [0.717, 1.165) is 5.69 Å². The first-order valence-electron chi connectivity index (χ1n) is 8.72. The van der Waals surface area contributed by atoms with Crippen molar-refractivity contribution in [3.05, 3.63) is 54.7 Å². The number of benzene rings is 1. The van der Waals surface area contributed by atoms with Crippen LogP contribution in [0.1, 0.15) is 0 Å². The molecule has 0 bridgehead atoms. The molecule has 2 N–H and O–H groups in total. The zero-order valence-electron chi connectivity index (χ0n) is 15.2. The Hall–Kier alpha value is -3.81. The molecule has 4 heterocycles. The van der Waals surface area contributed by atoms with E-state index in [2.05, 4.69) is 30.1 Å². The number of rotatable bonds is 3. The van der Waals surface area contributed by atoms with Gasteiger partial charge in [-0.25, -0.2) is 14.4 Å². The molecular weight excluding hydrogens is 357 g/mol. The predicted octanol–water partition coefficient (Wildman–Crippen LogP) is 3.77. The summed E-state index contributed by atoms with van der Waals surface area (Å²) in [6.45, 7) is 0. The number of nitrogens with zero attached hydrogens (tertiary/aromatic N) is 5. The molecule has 0 atom stereocenters. The Kier molecular flexibility index (Phi) is 3.58. The van der Waals surface area contributed by atoms with E-state index >= 15 is 4.39 Å². The second-order valence-electron chi connectivity index (χ2n) is 6.70. The first-order valence-corrected chi connectivity index (χ1v) is 8.72. The maximum Gasteiger partial charge on any atom is 0.161 e. The Morgan fingerprint density at radius 1 is 1.11 bits per heavy atom. The zero-order valence-corrected chi connectivity index (χ0v) is 15.2. The van der Waals surface area contributed by atoms with E-state index in [0.29, 0.717) is 44.7 Å². The highest BCUT2D eigenvalue weighted by molar-refractivity contribution is 5.96. The number of hydrogen-bond donors (Lipinski definition) is 2. The summed E-state index contributed by atoms with van der Waals surface area (Å²) in [5, 5.41) is 7.56. The average Bonchev–Trinajstić information content (AvgIpc) is 3.32. The Balaban J connectivity index is 1.71. The van der Waals surface area contributed by atoms with Crippen molar-refractivity contribution in [2.75, 3.05) is 19.0 Å². The van der Waals surface area contributed by atoms with Crippen LogP contribution in [-0.2, 0) is 0 Å². The molecule has 8 heteroatoms. The van der Waals surface area contributed by atoms with Gasteiger partial charge in [-0.1, -0.05) is 0 Å². The smallest absolute Gasteiger partial charge is 0.161 e. The molecular formula is C20H16FN7. The van der Waals surface area contributed by atoms with Crippen molar-refractivity contribution in [1.82, 2.24) is 30.1 Å². The fourth-order valence-electron chi connectivity index (χ4n) is 3.24. The third-order valence-electron chi connectivity index (χ3n) is 4.70. The van der Waals surface area contributed by atoms with Crippen molar-refractivity contribution in [3.8, 4) is 22.6 Å². The summed E-state index contributed by atoms with van der Waals surface area (Å²) in [5.41, 5.74) is 4.41. The fraction of sp³-hybridized carbons (Fsp3) is 0.100. The monoisotopic (exact) mass is 373 g/mol. The van der Waals surface area contributed by atoms with E-state index in [4.69, 9.17) is 0 Å². The Bertz CT molecular complexity index is 1290. The number of anilines is 1. The predicted molar refractivity (Wildman–Crippen MR) is 106 cm³/mol. The number of H-pyrrole nitrogens is 2. The van der Waals surface area contributed by atoms with Crippen LogP contribution < -0.4 is 4.90 Å². The van der Waals surface area contributed by atoms with Gasteiger partial charge in [0.2, 0.25) is 0 Å². The minimum Gasteiger partial charge on any atom is -0.376 e. The van der Waals surface area contributed by atoms with Crippen LogP contribution in [0.2, 0.25) is 0 Å². The molecule has 0 aliphatic heterocycles. The van der Waals surface area contributed by atoms with E-state index in [1.54, 1.807) is 30.7 Å². The van der Waals surface area contributed by atoms with E-state index in [-0.39, 0.29) is 5.82 Å². The molecule has 1 aromatic carbocycles. The maximum atomic E-state index is 15.6. The molecule has 0 unspecified atom stereocenters. The molecule has 4 aromatic heterocycles. The van der Waals surface area contributed by atoms with Gasteiger partial charge in [0.25, 0.3) is 0 Å². The van der Waals surface area contributed by atoms with Crippen molar-refractivity contribution in [3.63, 3.8) is 0 Å². The van der Waals surface area contributed by atoms with Crippen molar-refractivity contribution < 1.29 is 4.39 Å². The molecule has 0 saturated carbocycles. The fourth-order valence-corrected chi connectivity index (χ4v) is 3.24. The third kappa shape index (κ3) is 2.50. The quantitative estimate of drug-likeness (QED) is 0.503. The van der Waals surface area contributed by atoms with Crippen LogP contribution in [0.5, 0.6) is 0 Å². The van der Waals surface area contributed by atoms with Crippen LogP contribution in [0.3, 0.4) is 0 Å². The lowest BCUT2D eigenvalue weighted by Gasteiger charge is -2.13. The summed E-state index contributed by atoms with van der Waals surface area (Å²) in [6.07, 6.45) is 5.07. The standard InChI is InChI=1S/C20H16FN7/c1-28(2)12-8-11(9-22-10-12)13-5-6-14-16(17(13)21)18(27-26-14)20-24-15-4-3-7-23-19(15)25-20/h3-10H,1-2H3,(H,26,27)(H,23,24,25). The Morgan fingerprint density at radius 2 is 2.00 bits per heavy atom. The first-order chi connectivity index (χ1) is 13.6. The summed E-state index contributed by atoms with van der Waals surface area (Å²) in [4.78, 5) is 18.0. The van der Waals surface area contributed by atoms with Crippen molar-refractivity contribution >= 4 is 27.8 Å². The van der Waals surface area contributed by atoms with Crippen LogP contribution in [0, 0.1) is 5.82 Å². The second kappa shape index (κ2) is 6.12. The van der Waals surface area contributed by atoms with Gasteiger partial charge in [0, 0.05) is 37.6 Å². The highest BCUT2D eigenvalue weighted by Gasteiger charge is 2.19. The van der Waals surface area contributed by atoms with Crippen LogP contribution >= 0.6 is 0 Å². The lowest BCUT2D eigenvalue weighted by molar-refractivity contribution is 0.643. The van der Waals surface area contributed by atoms with Gasteiger partial charge in [-0.05, 0) is 30.3 Å². The molecule has 5 rings (SSSR count). The Labute approximate surface area is 159 Å². The van der Waals surface area contributed by atoms with Gasteiger partial charge in [0.05, 0.1) is 22.8 Å². The second-order valence-corrected chi connectivity index (χ2v) is 6.70. The van der Waals surface area contributed by atoms with Crippen molar-refractivity contribution in [2.24, 2.45) is 0 Å². The third-order valence-corrected chi connectivity index (χ3v) is 4.70. The van der Waals surface area contributed by atoms with Crippen LogP contribution in [0.25, 0.3) is 44.7 Å². The van der Waals surface area contributed by atoms with E-state index < -0.39 is 0 Å². The number of nitrogens with one attached hydrogen (secondary N) is 2. The van der Waals surface area contributed by atoms with E-state index in [1.165, 1.54) is 0 Å². The van der Waals surface area contributed by atoms with Gasteiger partial charge in [0.15, 0.2) is 11.5 Å². The Morgan fingerprint density at radius 3 is 2.82 bits per heavy atom. The molecule has 0 aliphatic rings. The number of imidazole rings is 1. The molecule has 0 aliphatic carbocycles. The van der Waals surface area contributed by atoms with Gasteiger partial charge in [-0.2, -0.15) is 5.10 Å². The zero-order chi connectivity index (χ0) is 19.3. The van der Waals surface area contributed by atoms with E-state index in [1.807, 2.05) is 37.2 Å². The molecule has 0 fully saturated rings. The first kappa shape index (κ1) is 16.4. The van der Waals surface area contributed by atoms with Crippen LogP contribution in [0.4, 0.5) is 10.1 Å². The molecule has 0 spiro atoms.